The fraction of sp³-hybridized carbons (Fsp3) is 0.429. The van der Waals surface area contributed by atoms with Crippen LogP contribution in [-0.4, -0.2) is 41.3 Å². The first-order chi connectivity index (χ1) is 9.78. The molecule has 0 spiro atoms. The summed E-state index contributed by atoms with van der Waals surface area (Å²) < 4.78 is 0. The van der Waals surface area contributed by atoms with Crippen LogP contribution in [0, 0.1) is 6.92 Å². The maximum absolute atomic E-state index is 9.46. The summed E-state index contributed by atoms with van der Waals surface area (Å²) in [7, 11) is 0. The zero-order valence-corrected chi connectivity index (χ0v) is 12.3. The van der Waals surface area contributed by atoms with Crippen molar-refractivity contribution in [3.05, 3.63) is 35.1 Å². The average Bonchev–Trinajstić information content (AvgIpc) is 3.02. The van der Waals surface area contributed by atoms with Gasteiger partial charge in [-0.2, -0.15) is 0 Å². The van der Waals surface area contributed by atoms with Crippen LogP contribution in [0.2, 0.25) is 0 Å². The molecule has 0 amide bonds. The summed E-state index contributed by atoms with van der Waals surface area (Å²) in [6, 6.07) is 2.06. The van der Waals surface area contributed by atoms with E-state index in [1.54, 1.807) is 17.5 Å². The number of hydrogen-bond acceptors (Lipinski definition) is 6. The summed E-state index contributed by atoms with van der Waals surface area (Å²) in [5.41, 5.74) is 3.00. The Morgan fingerprint density at radius 2 is 1.95 bits per heavy atom. The van der Waals surface area contributed by atoms with Crippen LogP contribution < -0.4 is 9.80 Å². The summed E-state index contributed by atoms with van der Waals surface area (Å²) in [4.78, 5) is 13.3. The highest BCUT2D eigenvalue weighted by Gasteiger charge is 2.20. The molecule has 5 nitrogen and oxygen atoms in total. The monoisotopic (exact) mass is 290 g/mol. The standard InChI is InChI=1S/C14H18N4OS/c1-11-8-13(12(10-19)9-16-11)17-3-5-18(6-4-17)14-15-2-7-20-14/h2,7-9,19H,3-6,10H2,1H3. The Kier molecular flexibility index (Phi) is 3.84. The molecule has 0 atom stereocenters. The minimum Gasteiger partial charge on any atom is -0.392 e. The molecule has 6 heteroatoms. The number of anilines is 2. The second-order valence-electron chi connectivity index (χ2n) is 4.90. The Hall–Kier alpha value is -1.66. The highest BCUT2D eigenvalue weighted by Crippen LogP contribution is 2.25. The van der Waals surface area contributed by atoms with E-state index in [2.05, 4.69) is 25.8 Å². The van der Waals surface area contributed by atoms with E-state index in [-0.39, 0.29) is 6.61 Å². The van der Waals surface area contributed by atoms with Crippen LogP contribution in [0.5, 0.6) is 0 Å². The Labute approximate surface area is 122 Å². The predicted molar refractivity (Wildman–Crippen MR) is 81.4 cm³/mol. The van der Waals surface area contributed by atoms with E-state index in [0.717, 1.165) is 48.3 Å². The Balaban J connectivity index is 1.73. The van der Waals surface area contributed by atoms with E-state index < -0.39 is 0 Å². The van der Waals surface area contributed by atoms with Gasteiger partial charge in [-0.3, -0.25) is 4.98 Å². The molecule has 0 unspecified atom stereocenters. The maximum atomic E-state index is 9.46. The van der Waals surface area contributed by atoms with Crippen LogP contribution >= 0.6 is 11.3 Å². The molecular formula is C14H18N4OS. The summed E-state index contributed by atoms with van der Waals surface area (Å²) in [6.07, 6.45) is 3.63. The van der Waals surface area contributed by atoms with Gasteiger partial charge in [-0.05, 0) is 13.0 Å². The molecule has 1 aliphatic heterocycles. The first-order valence-corrected chi connectivity index (χ1v) is 7.61. The van der Waals surface area contributed by atoms with Crippen molar-refractivity contribution >= 4 is 22.2 Å². The smallest absolute Gasteiger partial charge is 0.185 e. The van der Waals surface area contributed by atoms with Gasteiger partial charge in [-0.15, -0.1) is 11.3 Å². The molecule has 2 aromatic heterocycles. The predicted octanol–water partition coefficient (Wildman–Crippen LogP) is 1.67. The molecule has 0 aliphatic carbocycles. The first kappa shape index (κ1) is 13.3. The van der Waals surface area contributed by atoms with Crippen molar-refractivity contribution in [1.29, 1.82) is 0 Å². The molecular weight excluding hydrogens is 272 g/mol. The van der Waals surface area contributed by atoms with Crippen molar-refractivity contribution in [3.63, 3.8) is 0 Å². The molecule has 106 valence electrons. The van der Waals surface area contributed by atoms with Crippen LogP contribution in [0.4, 0.5) is 10.8 Å². The lowest BCUT2D eigenvalue weighted by Crippen LogP contribution is -2.46. The second-order valence-corrected chi connectivity index (χ2v) is 5.77. The van der Waals surface area contributed by atoms with Crippen molar-refractivity contribution in [1.82, 2.24) is 9.97 Å². The van der Waals surface area contributed by atoms with Crippen molar-refractivity contribution in [2.24, 2.45) is 0 Å². The van der Waals surface area contributed by atoms with Crippen molar-refractivity contribution in [3.8, 4) is 0 Å². The third kappa shape index (κ3) is 2.62. The number of nitrogens with zero attached hydrogens (tertiary/aromatic N) is 4. The number of aromatic nitrogens is 2. The van der Waals surface area contributed by atoms with Crippen molar-refractivity contribution in [2.45, 2.75) is 13.5 Å². The minimum atomic E-state index is 0.0370. The maximum Gasteiger partial charge on any atom is 0.185 e. The summed E-state index contributed by atoms with van der Waals surface area (Å²) >= 11 is 1.68. The number of rotatable bonds is 3. The Morgan fingerprint density at radius 3 is 2.60 bits per heavy atom. The lowest BCUT2D eigenvalue weighted by Gasteiger charge is -2.36. The molecule has 1 N–H and O–H groups in total. The summed E-state index contributed by atoms with van der Waals surface area (Å²) in [5, 5.41) is 12.6. The first-order valence-electron chi connectivity index (χ1n) is 6.73. The molecule has 1 fully saturated rings. The SMILES string of the molecule is Cc1cc(N2CCN(c3nccs3)CC2)c(CO)cn1. The minimum absolute atomic E-state index is 0.0370. The van der Waals surface area contributed by atoms with E-state index >= 15 is 0 Å². The summed E-state index contributed by atoms with van der Waals surface area (Å²) in [5.74, 6) is 0. The molecule has 2 aromatic rings. The molecule has 0 bridgehead atoms. The van der Waals surface area contributed by atoms with Gasteiger partial charge in [0.15, 0.2) is 5.13 Å². The molecule has 1 aliphatic rings. The molecule has 20 heavy (non-hydrogen) atoms. The number of thiazole rings is 1. The van der Waals surface area contributed by atoms with E-state index in [1.165, 1.54) is 0 Å². The number of pyridine rings is 1. The van der Waals surface area contributed by atoms with E-state index in [9.17, 15) is 5.11 Å². The summed E-state index contributed by atoms with van der Waals surface area (Å²) in [6.45, 7) is 5.82. The second kappa shape index (κ2) is 5.76. The molecule has 0 aromatic carbocycles. The number of aliphatic hydroxyl groups excluding tert-OH is 1. The zero-order chi connectivity index (χ0) is 13.9. The van der Waals surface area contributed by atoms with E-state index in [1.807, 2.05) is 18.5 Å². The zero-order valence-electron chi connectivity index (χ0n) is 11.5. The van der Waals surface area contributed by atoms with Gasteiger partial charge >= 0.3 is 0 Å². The van der Waals surface area contributed by atoms with E-state index in [0.29, 0.717) is 0 Å². The van der Waals surface area contributed by atoms with Crippen LogP contribution in [0.3, 0.4) is 0 Å². The molecule has 0 radical (unpaired) electrons. The Bertz CT molecular complexity index is 565. The van der Waals surface area contributed by atoms with Gasteiger partial charge in [0.05, 0.1) is 6.61 Å². The number of aryl methyl sites for hydroxylation is 1. The molecule has 3 rings (SSSR count). The average molecular weight is 290 g/mol. The van der Waals surface area contributed by atoms with Crippen molar-refractivity contribution < 1.29 is 5.11 Å². The third-order valence-electron chi connectivity index (χ3n) is 3.58. The van der Waals surface area contributed by atoms with Gasteiger partial charge in [-0.1, -0.05) is 0 Å². The Morgan fingerprint density at radius 1 is 1.20 bits per heavy atom. The molecule has 0 saturated carbocycles. The van der Waals surface area contributed by atoms with Gasteiger partial charge in [0, 0.05) is 60.9 Å². The number of piperazine rings is 1. The number of aliphatic hydroxyl groups is 1. The lowest BCUT2D eigenvalue weighted by atomic mass is 10.1. The fourth-order valence-corrected chi connectivity index (χ4v) is 3.20. The van der Waals surface area contributed by atoms with E-state index in [4.69, 9.17) is 0 Å². The fourth-order valence-electron chi connectivity index (χ4n) is 2.50. The largest absolute Gasteiger partial charge is 0.392 e. The van der Waals surface area contributed by atoms with Gasteiger partial charge in [0.1, 0.15) is 0 Å². The highest BCUT2D eigenvalue weighted by molar-refractivity contribution is 7.13. The normalized spacial score (nSPS) is 15.7. The van der Waals surface area contributed by atoms with Gasteiger partial charge < -0.3 is 14.9 Å². The topological polar surface area (TPSA) is 52.5 Å². The van der Waals surface area contributed by atoms with Crippen LogP contribution in [0.1, 0.15) is 11.3 Å². The molecule has 3 heterocycles. The lowest BCUT2D eigenvalue weighted by molar-refractivity contribution is 0.281. The third-order valence-corrected chi connectivity index (χ3v) is 4.41. The molecule has 1 saturated heterocycles. The van der Waals surface area contributed by atoms with Gasteiger partial charge in [-0.25, -0.2) is 4.98 Å². The number of hydrogen-bond donors (Lipinski definition) is 1. The quantitative estimate of drug-likeness (QED) is 0.932. The highest BCUT2D eigenvalue weighted by atomic mass is 32.1. The van der Waals surface area contributed by atoms with Crippen molar-refractivity contribution in [2.75, 3.05) is 36.0 Å². The van der Waals surface area contributed by atoms with Crippen LogP contribution in [-0.2, 0) is 6.61 Å². The van der Waals surface area contributed by atoms with Crippen LogP contribution in [0.15, 0.2) is 23.8 Å². The van der Waals surface area contributed by atoms with Crippen LogP contribution in [0.25, 0.3) is 0 Å². The van der Waals surface area contributed by atoms with Gasteiger partial charge in [0.25, 0.3) is 0 Å². The van der Waals surface area contributed by atoms with Gasteiger partial charge in [0.2, 0.25) is 0 Å².